The Labute approximate surface area is 100 Å². The average Bonchev–Trinajstić information content (AvgIpc) is 2.38. The minimum Gasteiger partial charge on any atom is -0.497 e. The Morgan fingerprint density at radius 1 is 1.18 bits per heavy atom. The Hall–Kier alpha value is -1.75. The van der Waals surface area contributed by atoms with Gasteiger partial charge < -0.3 is 19.9 Å². The van der Waals surface area contributed by atoms with Gasteiger partial charge in [-0.15, -0.1) is 0 Å². The van der Waals surface area contributed by atoms with E-state index in [1.807, 2.05) is 0 Å². The van der Waals surface area contributed by atoms with E-state index in [9.17, 15) is 4.79 Å². The van der Waals surface area contributed by atoms with Crippen LogP contribution in [-0.4, -0.2) is 33.8 Å². The molecule has 1 aromatic rings. The van der Waals surface area contributed by atoms with Crippen molar-refractivity contribution in [3.8, 4) is 11.5 Å². The zero-order valence-corrected chi connectivity index (χ0v) is 10.2. The average molecular weight is 239 g/mol. The lowest BCUT2D eigenvalue weighted by molar-refractivity contribution is -0.142. The first-order valence-corrected chi connectivity index (χ1v) is 5.17. The molecule has 1 aromatic carbocycles. The molecule has 0 spiro atoms. The first-order valence-electron chi connectivity index (χ1n) is 5.17. The van der Waals surface area contributed by atoms with Crippen LogP contribution in [-0.2, 0) is 9.53 Å². The third-order valence-electron chi connectivity index (χ3n) is 2.50. The molecule has 5 nitrogen and oxygen atoms in total. The van der Waals surface area contributed by atoms with Crippen LogP contribution in [0.2, 0.25) is 0 Å². The van der Waals surface area contributed by atoms with Crippen LogP contribution in [0.15, 0.2) is 18.2 Å². The topological polar surface area (TPSA) is 70.8 Å². The number of esters is 1. The fourth-order valence-corrected chi connectivity index (χ4v) is 1.54. The number of carbonyl (C=O) groups excluding carboxylic acids is 1. The van der Waals surface area contributed by atoms with Gasteiger partial charge in [0.25, 0.3) is 0 Å². The van der Waals surface area contributed by atoms with Crippen molar-refractivity contribution in [1.82, 2.24) is 0 Å². The quantitative estimate of drug-likeness (QED) is 0.774. The van der Waals surface area contributed by atoms with Crippen LogP contribution in [0, 0.1) is 0 Å². The second kappa shape index (κ2) is 6.10. The van der Waals surface area contributed by atoms with E-state index in [4.69, 9.17) is 19.9 Å². The Morgan fingerprint density at radius 3 is 2.06 bits per heavy atom. The van der Waals surface area contributed by atoms with Crippen LogP contribution in [0.25, 0.3) is 0 Å². The highest BCUT2D eigenvalue weighted by molar-refractivity contribution is 5.78. The van der Waals surface area contributed by atoms with Gasteiger partial charge in [0.15, 0.2) is 0 Å². The fourth-order valence-electron chi connectivity index (χ4n) is 1.54. The fraction of sp³-hybridized carbons (Fsp3) is 0.417. The van der Waals surface area contributed by atoms with Crippen LogP contribution in [0.1, 0.15) is 11.5 Å². The first-order chi connectivity index (χ1) is 8.15. The number of hydrogen-bond donors (Lipinski definition) is 1. The SMILES string of the molecule is COC(=O)C(CN)c1cc(OC)cc(OC)c1. The molecule has 0 aliphatic heterocycles. The Kier molecular flexibility index (Phi) is 4.78. The van der Waals surface area contributed by atoms with Crippen LogP contribution < -0.4 is 15.2 Å². The summed E-state index contributed by atoms with van der Waals surface area (Å²) in [5.74, 6) is 0.343. The largest absolute Gasteiger partial charge is 0.497 e. The highest BCUT2D eigenvalue weighted by atomic mass is 16.5. The number of rotatable bonds is 5. The summed E-state index contributed by atoms with van der Waals surface area (Å²) in [5.41, 5.74) is 6.30. The zero-order valence-electron chi connectivity index (χ0n) is 10.2. The molecule has 17 heavy (non-hydrogen) atoms. The third-order valence-corrected chi connectivity index (χ3v) is 2.50. The van der Waals surface area contributed by atoms with Gasteiger partial charge in [-0.2, -0.15) is 0 Å². The summed E-state index contributed by atoms with van der Waals surface area (Å²) in [7, 11) is 4.44. The number of carbonyl (C=O) groups is 1. The normalized spacial score (nSPS) is 11.8. The van der Waals surface area contributed by atoms with E-state index in [-0.39, 0.29) is 12.5 Å². The van der Waals surface area contributed by atoms with Crippen molar-refractivity contribution in [3.05, 3.63) is 23.8 Å². The maximum atomic E-state index is 11.6. The van der Waals surface area contributed by atoms with E-state index in [1.165, 1.54) is 7.11 Å². The highest BCUT2D eigenvalue weighted by Gasteiger charge is 2.21. The number of methoxy groups -OCH3 is 3. The number of nitrogens with two attached hydrogens (primary N) is 1. The second-order valence-corrected chi connectivity index (χ2v) is 3.46. The molecular weight excluding hydrogens is 222 g/mol. The van der Waals surface area contributed by atoms with E-state index in [0.29, 0.717) is 11.5 Å². The molecule has 1 rings (SSSR count). The van der Waals surface area contributed by atoms with Gasteiger partial charge in [-0.1, -0.05) is 0 Å². The van der Waals surface area contributed by atoms with Crippen molar-refractivity contribution < 1.29 is 19.0 Å². The summed E-state index contributed by atoms with van der Waals surface area (Å²) >= 11 is 0. The third kappa shape index (κ3) is 3.10. The summed E-state index contributed by atoms with van der Waals surface area (Å²) in [6, 6.07) is 5.22. The summed E-state index contributed by atoms with van der Waals surface area (Å²) in [5, 5.41) is 0. The maximum Gasteiger partial charge on any atom is 0.314 e. The van der Waals surface area contributed by atoms with Gasteiger partial charge in [-0.3, -0.25) is 4.79 Å². The minimum atomic E-state index is -0.510. The summed E-state index contributed by atoms with van der Waals surface area (Å²) in [4.78, 5) is 11.6. The summed E-state index contributed by atoms with van der Waals surface area (Å²) in [6.07, 6.45) is 0. The van der Waals surface area contributed by atoms with Crippen molar-refractivity contribution in [2.75, 3.05) is 27.9 Å². The molecular formula is C12H17NO4. The van der Waals surface area contributed by atoms with Crippen molar-refractivity contribution >= 4 is 5.97 Å². The molecule has 5 heteroatoms. The molecule has 1 unspecified atom stereocenters. The van der Waals surface area contributed by atoms with Gasteiger partial charge in [0.05, 0.1) is 27.2 Å². The number of benzene rings is 1. The van der Waals surface area contributed by atoms with Gasteiger partial charge in [0, 0.05) is 12.6 Å². The van der Waals surface area contributed by atoms with Crippen LogP contribution in [0.3, 0.4) is 0 Å². The lowest BCUT2D eigenvalue weighted by Gasteiger charge is -2.15. The van der Waals surface area contributed by atoms with Crippen molar-refractivity contribution in [2.45, 2.75) is 5.92 Å². The number of hydrogen-bond acceptors (Lipinski definition) is 5. The molecule has 0 heterocycles. The van der Waals surface area contributed by atoms with Gasteiger partial charge in [-0.25, -0.2) is 0 Å². The van der Waals surface area contributed by atoms with Crippen molar-refractivity contribution in [2.24, 2.45) is 5.73 Å². The van der Waals surface area contributed by atoms with E-state index < -0.39 is 5.92 Å². The molecule has 0 amide bonds. The monoisotopic (exact) mass is 239 g/mol. The number of ether oxygens (including phenoxy) is 3. The summed E-state index contributed by atoms with van der Waals surface area (Å²) < 4.78 is 15.0. The second-order valence-electron chi connectivity index (χ2n) is 3.46. The standard InChI is InChI=1S/C12H17NO4/c1-15-9-4-8(5-10(6-9)16-2)11(7-13)12(14)17-3/h4-6,11H,7,13H2,1-3H3. The predicted molar refractivity (Wildman–Crippen MR) is 63.4 cm³/mol. The van der Waals surface area contributed by atoms with E-state index in [2.05, 4.69) is 0 Å². The van der Waals surface area contributed by atoms with Gasteiger partial charge in [0.2, 0.25) is 0 Å². The van der Waals surface area contributed by atoms with Crippen LogP contribution in [0.4, 0.5) is 0 Å². The minimum absolute atomic E-state index is 0.170. The van der Waals surface area contributed by atoms with E-state index >= 15 is 0 Å². The summed E-state index contributed by atoms with van der Waals surface area (Å²) in [6.45, 7) is 0.170. The molecule has 0 aliphatic carbocycles. The molecule has 0 bridgehead atoms. The van der Waals surface area contributed by atoms with E-state index in [0.717, 1.165) is 5.56 Å². The molecule has 0 aromatic heterocycles. The highest BCUT2D eigenvalue weighted by Crippen LogP contribution is 2.27. The van der Waals surface area contributed by atoms with Crippen molar-refractivity contribution in [3.63, 3.8) is 0 Å². The zero-order chi connectivity index (χ0) is 12.8. The van der Waals surface area contributed by atoms with Gasteiger partial charge in [0.1, 0.15) is 11.5 Å². The Balaban J connectivity index is 3.13. The van der Waals surface area contributed by atoms with Gasteiger partial charge >= 0.3 is 5.97 Å². The molecule has 1 atom stereocenters. The molecule has 0 saturated carbocycles. The Morgan fingerprint density at radius 2 is 1.71 bits per heavy atom. The lowest BCUT2D eigenvalue weighted by Crippen LogP contribution is -2.22. The van der Waals surface area contributed by atoms with Crippen molar-refractivity contribution in [1.29, 1.82) is 0 Å². The predicted octanol–water partition coefficient (Wildman–Crippen LogP) is 0.919. The van der Waals surface area contributed by atoms with E-state index in [1.54, 1.807) is 32.4 Å². The molecule has 0 radical (unpaired) electrons. The molecule has 0 fully saturated rings. The first kappa shape index (κ1) is 13.3. The molecule has 2 N–H and O–H groups in total. The molecule has 94 valence electrons. The van der Waals surface area contributed by atoms with Crippen LogP contribution >= 0.6 is 0 Å². The Bertz CT molecular complexity index is 370. The maximum absolute atomic E-state index is 11.6. The van der Waals surface area contributed by atoms with Crippen LogP contribution in [0.5, 0.6) is 11.5 Å². The van der Waals surface area contributed by atoms with Gasteiger partial charge in [-0.05, 0) is 17.7 Å². The molecule has 0 aliphatic rings. The lowest BCUT2D eigenvalue weighted by atomic mass is 9.99. The molecule has 0 saturated heterocycles. The smallest absolute Gasteiger partial charge is 0.314 e.